The number of benzene rings is 2. The molecule has 128 valence electrons. The fourth-order valence-corrected chi connectivity index (χ4v) is 2.88. The average molecular weight is 407 g/mol. The molecule has 0 radical (unpaired) electrons. The number of Topliss-reactive ketones (excluding diaryl/α,β-unsaturated/α-hetero) is 1. The fraction of sp³-hybridized carbons (Fsp3) is 0.0952. The third-order valence-electron chi connectivity index (χ3n) is 3.78. The summed E-state index contributed by atoms with van der Waals surface area (Å²) in [5.41, 5.74) is 2.82. The molecule has 0 saturated heterocycles. The van der Waals surface area contributed by atoms with Crippen molar-refractivity contribution in [3.63, 3.8) is 0 Å². The molecule has 0 atom stereocenters. The molecule has 0 amide bonds. The number of ketones is 1. The molecule has 3 rings (SSSR count). The maximum absolute atomic E-state index is 12.7. The lowest BCUT2D eigenvalue weighted by atomic mass is 10.0. The molecule has 4 nitrogen and oxygen atoms in total. The zero-order chi connectivity index (χ0) is 18.4. The average Bonchev–Trinajstić information content (AvgIpc) is 2.68. The number of halogens is 1. The number of nitrogens with zero attached hydrogens (tertiary/aromatic N) is 2. The summed E-state index contributed by atoms with van der Waals surface area (Å²) >= 11 is 3.41. The molecule has 26 heavy (non-hydrogen) atoms. The van der Waals surface area contributed by atoms with Crippen molar-refractivity contribution in [1.29, 1.82) is 5.26 Å². The van der Waals surface area contributed by atoms with Gasteiger partial charge in [0.1, 0.15) is 12.4 Å². The van der Waals surface area contributed by atoms with Crippen LogP contribution in [-0.4, -0.2) is 10.8 Å². The van der Waals surface area contributed by atoms with Gasteiger partial charge in [-0.25, -0.2) is 0 Å². The van der Waals surface area contributed by atoms with Gasteiger partial charge in [-0.1, -0.05) is 34.1 Å². The van der Waals surface area contributed by atoms with E-state index < -0.39 is 0 Å². The van der Waals surface area contributed by atoms with Crippen LogP contribution in [0.1, 0.15) is 27.0 Å². The van der Waals surface area contributed by atoms with Crippen molar-refractivity contribution in [2.75, 3.05) is 0 Å². The normalized spacial score (nSPS) is 10.2. The van der Waals surface area contributed by atoms with Crippen LogP contribution in [-0.2, 0) is 13.0 Å². The Morgan fingerprint density at radius 1 is 1.12 bits per heavy atom. The Bertz CT molecular complexity index is 965. The minimum absolute atomic E-state index is 0.0416. The van der Waals surface area contributed by atoms with Crippen molar-refractivity contribution < 1.29 is 9.53 Å². The van der Waals surface area contributed by atoms with Crippen LogP contribution in [0.2, 0.25) is 0 Å². The SMILES string of the molecule is N#Cc1cccc(COc2ccc(Br)cc2C(=O)Cc2cccnc2)c1. The fourth-order valence-electron chi connectivity index (χ4n) is 2.52. The monoisotopic (exact) mass is 406 g/mol. The van der Waals surface area contributed by atoms with Gasteiger partial charge in [0.2, 0.25) is 0 Å². The zero-order valence-corrected chi connectivity index (χ0v) is 15.4. The molecule has 0 N–H and O–H groups in total. The number of ether oxygens (including phenoxy) is 1. The lowest BCUT2D eigenvalue weighted by Gasteiger charge is -2.12. The van der Waals surface area contributed by atoms with Crippen molar-refractivity contribution in [3.8, 4) is 11.8 Å². The molecule has 2 aromatic carbocycles. The molecule has 0 spiro atoms. The van der Waals surface area contributed by atoms with Gasteiger partial charge < -0.3 is 4.74 Å². The van der Waals surface area contributed by atoms with Crippen molar-refractivity contribution in [1.82, 2.24) is 4.98 Å². The Balaban J connectivity index is 1.79. The maximum Gasteiger partial charge on any atom is 0.171 e. The Morgan fingerprint density at radius 3 is 2.73 bits per heavy atom. The minimum Gasteiger partial charge on any atom is -0.488 e. The van der Waals surface area contributed by atoms with E-state index in [0.29, 0.717) is 16.9 Å². The van der Waals surface area contributed by atoms with Gasteiger partial charge >= 0.3 is 0 Å². The first-order valence-corrected chi connectivity index (χ1v) is 8.78. The van der Waals surface area contributed by atoms with Crippen LogP contribution in [0.25, 0.3) is 0 Å². The van der Waals surface area contributed by atoms with Gasteiger partial charge in [0.25, 0.3) is 0 Å². The van der Waals surface area contributed by atoms with Gasteiger partial charge in [0.05, 0.1) is 17.2 Å². The molecular formula is C21H15BrN2O2. The molecule has 1 aromatic heterocycles. The summed E-state index contributed by atoms with van der Waals surface area (Å²) in [6.07, 6.45) is 3.62. The molecule has 0 aliphatic rings. The first kappa shape index (κ1) is 17.8. The summed E-state index contributed by atoms with van der Waals surface area (Å²) in [6, 6.07) is 18.4. The topological polar surface area (TPSA) is 63.0 Å². The third kappa shape index (κ3) is 4.56. The zero-order valence-electron chi connectivity index (χ0n) is 13.9. The van der Waals surface area contributed by atoms with E-state index in [-0.39, 0.29) is 18.8 Å². The van der Waals surface area contributed by atoms with Crippen molar-refractivity contribution >= 4 is 21.7 Å². The Kier molecular flexibility index (Phi) is 5.77. The van der Waals surface area contributed by atoms with Gasteiger partial charge in [0.15, 0.2) is 5.78 Å². The Morgan fingerprint density at radius 2 is 1.96 bits per heavy atom. The summed E-state index contributed by atoms with van der Waals surface area (Å²) < 4.78 is 6.68. The summed E-state index contributed by atoms with van der Waals surface area (Å²) in [4.78, 5) is 16.8. The summed E-state index contributed by atoms with van der Waals surface area (Å²) in [7, 11) is 0. The summed E-state index contributed by atoms with van der Waals surface area (Å²) in [5, 5.41) is 8.99. The van der Waals surface area contributed by atoms with Crippen LogP contribution in [0.5, 0.6) is 5.75 Å². The predicted molar refractivity (Wildman–Crippen MR) is 102 cm³/mol. The molecule has 5 heteroatoms. The van der Waals surface area contributed by atoms with E-state index in [1.54, 1.807) is 36.7 Å². The highest BCUT2D eigenvalue weighted by Gasteiger charge is 2.14. The number of rotatable bonds is 6. The van der Waals surface area contributed by atoms with Crippen molar-refractivity contribution in [3.05, 3.63) is 93.7 Å². The van der Waals surface area contributed by atoms with E-state index in [4.69, 9.17) is 10.00 Å². The highest BCUT2D eigenvalue weighted by atomic mass is 79.9. The van der Waals surface area contributed by atoms with E-state index in [9.17, 15) is 4.79 Å². The van der Waals surface area contributed by atoms with Crippen molar-refractivity contribution in [2.24, 2.45) is 0 Å². The number of carbonyl (C=O) groups excluding carboxylic acids is 1. The van der Waals surface area contributed by atoms with E-state index in [0.717, 1.165) is 15.6 Å². The van der Waals surface area contributed by atoms with Crippen LogP contribution >= 0.6 is 15.9 Å². The number of aromatic nitrogens is 1. The van der Waals surface area contributed by atoms with Crippen molar-refractivity contribution in [2.45, 2.75) is 13.0 Å². The molecule has 0 fully saturated rings. The number of nitriles is 1. The highest BCUT2D eigenvalue weighted by molar-refractivity contribution is 9.10. The summed E-state index contributed by atoms with van der Waals surface area (Å²) in [5.74, 6) is 0.476. The third-order valence-corrected chi connectivity index (χ3v) is 4.27. The second-order valence-corrected chi connectivity index (χ2v) is 6.62. The predicted octanol–water partition coefficient (Wildman–Crippen LogP) is 4.72. The van der Waals surface area contributed by atoms with Gasteiger partial charge in [-0.15, -0.1) is 0 Å². The quantitative estimate of drug-likeness (QED) is 0.555. The smallest absolute Gasteiger partial charge is 0.171 e. The van der Waals surface area contributed by atoms with Crippen LogP contribution in [0.15, 0.2) is 71.5 Å². The molecule has 0 saturated carbocycles. The van der Waals surface area contributed by atoms with Crippen LogP contribution < -0.4 is 4.74 Å². The van der Waals surface area contributed by atoms with E-state index in [2.05, 4.69) is 27.0 Å². The van der Waals surface area contributed by atoms with Gasteiger partial charge in [0, 0.05) is 23.3 Å². The standard InChI is InChI=1S/C21H15BrN2O2/c22-18-6-7-21(26-14-17-4-1-3-15(9-17)12-23)19(11-18)20(25)10-16-5-2-8-24-13-16/h1-9,11,13H,10,14H2. The second-order valence-electron chi connectivity index (χ2n) is 5.70. The molecular weight excluding hydrogens is 392 g/mol. The van der Waals surface area contributed by atoms with Gasteiger partial charge in [-0.2, -0.15) is 5.26 Å². The van der Waals surface area contributed by atoms with Gasteiger partial charge in [-0.3, -0.25) is 9.78 Å². The summed E-state index contributed by atoms with van der Waals surface area (Å²) in [6.45, 7) is 0.282. The highest BCUT2D eigenvalue weighted by Crippen LogP contribution is 2.26. The lowest BCUT2D eigenvalue weighted by Crippen LogP contribution is -2.07. The number of hydrogen-bond donors (Lipinski definition) is 0. The Labute approximate surface area is 160 Å². The molecule has 0 unspecified atom stereocenters. The lowest BCUT2D eigenvalue weighted by molar-refractivity contribution is 0.0988. The van der Waals surface area contributed by atoms with Gasteiger partial charge in [-0.05, 0) is 47.5 Å². The first-order valence-electron chi connectivity index (χ1n) is 7.99. The van der Waals surface area contributed by atoms with E-state index >= 15 is 0 Å². The van der Waals surface area contributed by atoms with Crippen LogP contribution in [0, 0.1) is 11.3 Å². The second kappa shape index (κ2) is 8.41. The molecule has 0 bridgehead atoms. The van der Waals surface area contributed by atoms with E-state index in [1.165, 1.54) is 0 Å². The molecule has 1 heterocycles. The molecule has 0 aliphatic carbocycles. The molecule has 0 aliphatic heterocycles. The number of pyridine rings is 1. The largest absolute Gasteiger partial charge is 0.488 e. The number of hydrogen-bond acceptors (Lipinski definition) is 4. The Hall–Kier alpha value is -2.97. The maximum atomic E-state index is 12.7. The minimum atomic E-state index is -0.0416. The van der Waals surface area contributed by atoms with Crippen LogP contribution in [0.3, 0.4) is 0 Å². The number of carbonyl (C=O) groups is 1. The molecule has 3 aromatic rings. The van der Waals surface area contributed by atoms with Crippen LogP contribution in [0.4, 0.5) is 0 Å². The first-order chi connectivity index (χ1) is 12.7. The van der Waals surface area contributed by atoms with E-state index in [1.807, 2.05) is 30.3 Å².